The van der Waals surface area contributed by atoms with Gasteiger partial charge >= 0.3 is 6.18 Å². The lowest BCUT2D eigenvalue weighted by atomic mass is 10.1. The second-order valence-corrected chi connectivity index (χ2v) is 5.96. The summed E-state index contributed by atoms with van der Waals surface area (Å²) in [5, 5.41) is 16.0. The summed E-state index contributed by atoms with van der Waals surface area (Å²) in [5.74, 6) is -0.173. The highest BCUT2D eigenvalue weighted by Crippen LogP contribution is 2.33. The van der Waals surface area contributed by atoms with Gasteiger partial charge in [-0.2, -0.15) is 28.4 Å². The highest BCUT2D eigenvalue weighted by molar-refractivity contribution is 5.71. The minimum Gasteiger partial charge on any atom is -0.372 e. The van der Waals surface area contributed by atoms with Crippen LogP contribution in [-0.2, 0) is 19.8 Å². The van der Waals surface area contributed by atoms with Crippen LogP contribution in [0.1, 0.15) is 18.2 Å². The van der Waals surface area contributed by atoms with Gasteiger partial charge in [-0.15, -0.1) is 0 Å². The van der Waals surface area contributed by atoms with Gasteiger partial charge in [-0.05, 0) is 13.0 Å². The number of nitrogens with one attached hydrogen (secondary N) is 2. The van der Waals surface area contributed by atoms with Crippen LogP contribution >= 0.6 is 0 Å². The predicted molar refractivity (Wildman–Crippen MR) is 90.7 cm³/mol. The van der Waals surface area contributed by atoms with Gasteiger partial charge in [0.15, 0.2) is 0 Å². The van der Waals surface area contributed by atoms with Crippen molar-refractivity contribution in [2.45, 2.75) is 31.7 Å². The average Bonchev–Trinajstić information content (AvgIpc) is 3.14. The Labute approximate surface area is 148 Å². The first-order valence-electron chi connectivity index (χ1n) is 7.95. The summed E-state index contributed by atoms with van der Waals surface area (Å²) < 4.78 is 40.5. The molecule has 0 bridgehead atoms. The van der Waals surface area contributed by atoms with Crippen LogP contribution in [0.2, 0.25) is 0 Å². The number of alkyl halides is 3. The zero-order chi connectivity index (χ0) is 18.9. The molecule has 2 aromatic rings. The Bertz CT molecular complexity index is 800. The minimum absolute atomic E-state index is 0.0408. The van der Waals surface area contributed by atoms with Crippen molar-refractivity contribution in [2.75, 3.05) is 17.7 Å². The van der Waals surface area contributed by atoms with Crippen LogP contribution in [0, 0.1) is 0 Å². The molecule has 26 heavy (non-hydrogen) atoms. The molecule has 11 heteroatoms. The molecule has 1 aliphatic heterocycles. The van der Waals surface area contributed by atoms with E-state index in [0.717, 1.165) is 11.9 Å². The van der Waals surface area contributed by atoms with Gasteiger partial charge in [-0.3, -0.25) is 9.69 Å². The summed E-state index contributed by atoms with van der Waals surface area (Å²) in [7, 11) is 3.22. The maximum Gasteiger partial charge on any atom is 0.421 e. The van der Waals surface area contributed by atoms with Crippen molar-refractivity contribution in [2.24, 2.45) is 12.1 Å². The summed E-state index contributed by atoms with van der Waals surface area (Å²) in [6, 6.07) is 1.63. The Morgan fingerprint density at radius 1 is 1.31 bits per heavy atom. The number of aryl methyl sites for hydroxylation is 1. The topological polar surface area (TPSA) is 83.3 Å². The highest BCUT2D eigenvalue weighted by atomic mass is 19.4. The fourth-order valence-corrected chi connectivity index (χ4v) is 2.63. The number of hydrogen-bond acceptors (Lipinski definition) is 7. The Morgan fingerprint density at radius 3 is 2.69 bits per heavy atom. The summed E-state index contributed by atoms with van der Waals surface area (Å²) in [4.78, 5) is 7.70. The molecule has 0 aliphatic carbocycles. The average molecular weight is 368 g/mol. The Balaban J connectivity index is 1.69. The van der Waals surface area contributed by atoms with Crippen LogP contribution in [0.25, 0.3) is 0 Å². The van der Waals surface area contributed by atoms with Crippen molar-refractivity contribution in [3.05, 3.63) is 29.7 Å². The number of anilines is 2. The molecule has 2 N–H and O–H groups in total. The number of nitrogens with zero attached hydrogens (tertiary/aromatic N) is 6. The van der Waals surface area contributed by atoms with Gasteiger partial charge in [-0.25, -0.2) is 4.98 Å². The molecule has 0 spiro atoms. The zero-order valence-corrected chi connectivity index (χ0v) is 14.5. The van der Waals surface area contributed by atoms with Crippen LogP contribution in [-0.4, -0.2) is 50.1 Å². The van der Waals surface area contributed by atoms with Crippen molar-refractivity contribution in [3.63, 3.8) is 0 Å². The van der Waals surface area contributed by atoms with Gasteiger partial charge in [0, 0.05) is 32.7 Å². The fourth-order valence-electron chi connectivity index (χ4n) is 2.63. The van der Waals surface area contributed by atoms with E-state index in [9.17, 15) is 13.2 Å². The van der Waals surface area contributed by atoms with E-state index >= 15 is 0 Å². The maximum absolute atomic E-state index is 12.9. The van der Waals surface area contributed by atoms with Gasteiger partial charge < -0.3 is 10.6 Å². The Hall–Kier alpha value is -2.85. The lowest BCUT2D eigenvalue weighted by Gasteiger charge is -2.24. The molecule has 0 saturated heterocycles. The highest BCUT2D eigenvalue weighted by Gasteiger charge is 2.35. The molecule has 2 aromatic heterocycles. The molecule has 2 atom stereocenters. The smallest absolute Gasteiger partial charge is 0.372 e. The van der Waals surface area contributed by atoms with E-state index in [1.165, 1.54) is 7.05 Å². The maximum atomic E-state index is 12.9. The van der Waals surface area contributed by atoms with Gasteiger partial charge in [0.05, 0.1) is 24.3 Å². The normalized spacial score (nSPS) is 19.8. The van der Waals surface area contributed by atoms with E-state index in [1.807, 2.05) is 31.2 Å². The number of rotatable bonds is 5. The van der Waals surface area contributed by atoms with Gasteiger partial charge in [0.1, 0.15) is 11.4 Å². The van der Waals surface area contributed by atoms with Crippen LogP contribution in [0.4, 0.5) is 24.9 Å². The van der Waals surface area contributed by atoms with E-state index in [1.54, 1.807) is 10.9 Å². The van der Waals surface area contributed by atoms with Gasteiger partial charge in [0.25, 0.3) is 0 Å². The van der Waals surface area contributed by atoms with Crippen molar-refractivity contribution in [1.29, 1.82) is 0 Å². The SMILES string of the molecule is CNc1nc(NC2C=NN(Cc3ccn(C)n3)C2C)ncc1C(F)(F)F. The lowest BCUT2D eigenvalue weighted by Crippen LogP contribution is -2.38. The predicted octanol–water partition coefficient (Wildman–Crippen LogP) is 1.94. The molecule has 3 rings (SSSR count). The third kappa shape index (κ3) is 3.70. The minimum atomic E-state index is -4.52. The summed E-state index contributed by atoms with van der Waals surface area (Å²) in [6.07, 6.45) is -0.208. The first kappa shape index (κ1) is 18.0. The number of aromatic nitrogens is 4. The van der Waals surface area contributed by atoms with Crippen LogP contribution in [0.15, 0.2) is 23.6 Å². The standard InChI is InChI=1S/C15H19F3N8/c1-9-12(7-21-26(9)8-10-4-5-25(3)24-10)22-14-20-6-11(15(16,17)18)13(19-2)23-14/h4-7,9,12H,8H2,1-3H3,(H2,19,20,22,23). The molecule has 2 unspecified atom stereocenters. The van der Waals surface area contributed by atoms with E-state index in [-0.39, 0.29) is 23.8 Å². The molecule has 0 amide bonds. The third-order valence-electron chi connectivity index (χ3n) is 4.08. The quantitative estimate of drug-likeness (QED) is 0.839. The van der Waals surface area contributed by atoms with Crippen molar-refractivity contribution < 1.29 is 13.2 Å². The van der Waals surface area contributed by atoms with Gasteiger partial charge in [0.2, 0.25) is 5.95 Å². The summed E-state index contributed by atoms with van der Waals surface area (Å²) >= 11 is 0. The lowest BCUT2D eigenvalue weighted by molar-refractivity contribution is -0.137. The van der Waals surface area contributed by atoms with Crippen molar-refractivity contribution >= 4 is 18.0 Å². The molecular weight excluding hydrogens is 349 g/mol. The molecule has 140 valence electrons. The number of hydrazone groups is 1. The molecule has 8 nitrogen and oxygen atoms in total. The largest absolute Gasteiger partial charge is 0.421 e. The summed E-state index contributed by atoms with van der Waals surface area (Å²) in [5.41, 5.74) is -0.0316. The third-order valence-corrected chi connectivity index (χ3v) is 4.08. The van der Waals surface area contributed by atoms with Crippen LogP contribution in [0.3, 0.4) is 0 Å². The zero-order valence-electron chi connectivity index (χ0n) is 14.5. The molecule has 0 aromatic carbocycles. The second kappa shape index (κ2) is 6.81. The van der Waals surface area contributed by atoms with E-state index in [0.29, 0.717) is 6.54 Å². The first-order chi connectivity index (χ1) is 12.3. The Kier molecular flexibility index (Phi) is 4.70. The van der Waals surface area contributed by atoms with E-state index in [2.05, 4.69) is 30.8 Å². The van der Waals surface area contributed by atoms with Crippen LogP contribution in [0.5, 0.6) is 0 Å². The Morgan fingerprint density at radius 2 is 2.08 bits per heavy atom. The van der Waals surface area contributed by atoms with Crippen molar-refractivity contribution in [3.8, 4) is 0 Å². The first-order valence-corrected chi connectivity index (χ1v) is 7.95. The number of hydrogen-bond donors (Lipinski definition) is 2. The molecule has 1 aliphatic rings. The summed E-state index contributed by atoms with van der Waals surface area (Å²) in [6.45, 7) is 2.49. The molecule has 3 heterocycles. The van der Waals surface area contributed by atoms with E-state index < -0.39 is 11.7 Å². The number of halogens is 3. The fraction of sp³-hybridized carbons (Fsp3) is 0.467. The van der Waals surface area contributed by atoms with Crippen molar-refractivity contribution in [1.82, 2.24) is 24.8 Å². The monoisotopic (exact) mass is 368 g/mol. The molecular formula is C15H19F3N8. The molecule has 0 saturated carbocycles. The van der Waals surface area contributed by atoms with Gasteiger partial charge in [-0.1, -0.05) is 0 Å². The second-order valence-electron chi connectivity index (χ2n) is 5.96. The van der Waals surface area contributed by atoms with E-state index in [4.69, 9.17) is 0 Å². The molecule has 0 radical (unpaired) electrons. The molecule has 0 fully saturated rings. The van der Waals surface area contributed by atoms with Crippen LogP contribution < -0.4 is 10.6 Å².